The van der Waals surface area contributed by atoms with Crippen LogP contribution in [0.4, 0.5) is 5.82 Å². The topological polar surface area (TPSA) is 93.9 Å². The monoisotopic (exact) mass is 192 g/mol. The summed E-state index contributed by atoms with van der Waals surface area (Å²) in [6, 6.07) is 1.55. The lowest BCUT2D eigenvalue weighted by atomic mass is 10.3. The molecule has 0 saturated carbocycles. The number of esters is 1. The van der Waals surface area contributed by atoms with Crippen LogP contribution in [-0.4, -0.2) is 28.3 Å². The van der Waals surface area contributed by atoms with E-state index in [1.165, 1.54) is 13.3 Å². The maximum absolute atomic E-state index is 11.1. The van der Waals surface area contributed by atoms with Crippen molar-refractivity contribution < 1.29 is 9.53 Å². The number of hydrogen-bond acceptors (Lipinski definition) is 5. The minimum Gasteiger partial charge on any atom is -0.464 e. The van der Waals surface area contributed by atoms with E-state index in [-0.39, 0.29) is 5.69 Å². The summed E-state index contributed by atoms with van der Waals surface area (Å²) in [6.07, 6.45) is 1.49. The lowest BCUT2D eigenvalue weighted by molar-refractivity contribution is 0.0594. The van der Waals surface area contributed by atoms with Crippen molar-refractivity contribution in [2.45, 2.75) is 0 Å². The fourth-order valence-corrected chi connectivity index (χ4v) is 1.15. The molecule has 6 heteroatoms. The first-order chi connectivity index (χ1) is 6.72. The molecule has 0 bridgehead atoms. The van der Waals surface area contributed by atoms with Crippen LogP contribution in [0.25, 0.3) is 10.9 Å². The van der Waals surface area contributed by atoms with Gasteiger partial charge in [-0.25, -0.2) is 9.78 Å². The summed E-state index contributed by atoms with van der Waals surface area (Å²) in [4.78, 5) is 15.0. The lowest BCUT2D eigenvalue weighted by Crippen LogP contribution is -2.03. The Kier molecular flexibility index (Phi) is 1.81. The molecule has 72 valence electrons. The summed E-state index contributed by atoms with van der Waals surface area (Å²) in [5.74, 6) is -0.121. The first-order valence-corrected chi connectivity index (χ1v) is 3.90. The number of fused-ring (bicyclic) bond motifs is 1. The summed E-state index contributed by atoms with van der Waals surface area (Å²) in [7, 11) is 1.30. The number of H-pyrrole nitrogens is 1. The van der Waals surface area contributed by atoms with Crippen LogP contribution >= 0.6 is 0 Å². The number of aromatic nitrogens is 3. The third kappa shape index (κ3) is 1.17. The van der Waals surface area contributed by atoms with Crippen LogP contribution in [0.15, 0.2) is 12.3 Å². The molecule has 0 aliphatic rings. The van der Waals surface area contributed by atoms with E-state index in [1.807, 2.05) is 0 Å². The Morgan fingerprint density at radius 2 is 2.43 bits per heavy atom. The highest BCUT2D eigenvalue weighted by molar-refractivity contribution is 5.94. The van der Waals surface area contributed by atoms with Gasteiger partial charge in [0.1, 0.15) is 0 Å². The average molecular weight is 192 g/mol. The number of carbonyl (C=O) groups excluding carboxylic acids is 1. The highest BCUT2D eigenvalue weighted by Gasteiger charge is 2.09. The second kappa shape index (κ2) is 2.99. The number of hydrogen-bond donors (Lipinski definition) is 2. The molecule has 0 atom stereocenters. The van der Waals surface area contributed by atoms with Crippen molar-refractivity contribution in [3.8, 4) is 0 Å². The van der Waals surface area contributed by atoms with Crippen LogP contribution in [0.5, 0.6) is 0 Å². The van der Waals surface area contributed by atoms with Gasteiger partial charge in [-0.05, 0) is 6.07 Å². The summed E-state index contributed by atoms with van der Waals surface area (Å²) in [5.41, 5.74) is 6.43. The molecule has 0 radical (unpaired) electrons. The number of nitrogens with zero attached hydrogens (tertiary/aromatic N) is 2. The second-order valence-corrected chi connectivity index (χ2v) is 2.72. The first-order valence-electron chi connectivity index (χ1n) is 3.90. The van der Waals surface area contributed by atoms with E-state index in [9.17, 15) is 4.79 Å². The van der Waals surface area contributed by atoms with Gasteiger partial charge in [0.15, 0.2) is 11.5 Å². The zero-order valence-electron chi connectivity index (χ0n) is 7.44. The number of carbonyl (C=O) groups is 1. The summed E-state index contributed by atoms with van der Waals surface area (Å²) >= 11 is 0. The molecule has 6 nitrogen and oxygen atoms in total. The maximum Gasteiger partial charge on any atom is 0.356 e. The standard InChI is InChI=1S/C8H8N4O2/c1-14-8(13)6-2-5-4(3-10-6)7(9)12-11-5/h2-3H,1H3,(H3,9,11,12). The molecule has 0 fully saturated rings. The smallest absolute Gasteiger partial charge is 0.356 e. The van der Waals surface area contributed by atoms with E-state index in [2.05, 4.69) is 19.9 Å². The van der Waals surface area contributed by atoms with Gasteiger partial charge in [-0.3, -0.25) is 5.10 Å². The molecule has 2 aromatic heterocycles. The second-order valence-electron chi connectivity index (χ2n) is 2.72. The van der Waals surface area contributed by atoms with E-state index in [0.717, 1.165) is 0 Å². The normalized spacial score (nSPS) is 10.4. The third-order valence-electron chi connectivity index (χ3n) is 1.87. The predicted octanol–water partition coefficient (Wildman–Crippen LogP) is 0.327. The minimum atomic E-state index is -0.486. The van der Waals surface area contributed by atoms with E-state index in [1.54, 1.807) is 6.07 Å². The van der Waals surface area contributed by atoms with Crippen molar-refractivity contribution in [2.24, 2.45) is 0 Å². The van der Waals surface area contributed by atoms with Crippen LogP contribution in [0.2, 0.25) is 0 Å². The highest BCUT2D eigenvalue weighted by atomic mass is 16.5. The van der Waals surface area contributed by atoms with Crippen molar-refractivity contribution in [3.63, 3.8) is 0 Å². The van der Waals surface area contributed by atoms with Gasteiger partial charge in [0.05, 0.1) is 18.0 Å². The van der Waals surface area contributed by atoms with Crippen LogP contribution in [0.1, 0.15) is 10.5 Å². The van der Waals surface area contributed by atoms with Crippen molar-refractivity contribution in [1.29, 1.82) is 0 Å². The minimum absolute atomic E-state index is 0.226. The molecule has 0 aromatic carbocycles. The van der Waals surface area contributed by atoms with Crippen LogP contribution in [0.3, 0.4) is 0 Å². The number of methoxy groups -OCH3 is 1. The van der Waals surface area contributed by atoms with Crippen molar-refractivity contribution in [2.75, 3.05) is 12.8 Å². The van der Waals surface area contributed by atoms with Gasteiger partial charge in [-0.1, -0.05) is 0 Å². The number of nitrogens with two attached hydrogens (primary N) is 1. The Morgan fingerprint density at radius 1 is 1.64 bits per heavy atom. The Labute approximate surface area is 79.1 Å². The van der Waals surface area contributed by atoms with E-state index >= 15 is 0 Å². The predicted molar refractivity (Wildman–Crippen MR) is 49.6 cm³/mol. The van der Waals surface area contributed by atoms with E-state index < -0.39 is 5.97 Å². The molecule has 2 rings (SSSR count). The van der Waals surface area contributed by atoms with Gasteiger partial charge < -0.3 is 10.5 Å². The Balaban J connectivity index is 2.57. The number of anilines is 1. The molecular formula is C8H8N4O2. The molecule has 0 saturated heterocycles. The molecule has 0 aliphatic carbocycles. The fourth-order valence-electron chi connectivity index (χ4n) is 1.15. The number of nitrogens with one attached hydrogen (secondary N) is 1. The van der Waals surface area contributed by atoms with Crippen LogP contribution < -0.4 is 5.73 Å². The summed E-state index contributed by atoms with van der Waals surface area (Å²) in [5, 5.41) is 7.16. The molecule has 0 amide bonds. The van der Waals surface area contributed by atoms with E-state index in [4.69, 9.17) is 5.73 Å². The Hall–Kier alpha value is -2.11. The molecule has 3 N–H and O–H groups in total. The quantitative estimate of drug-likeness (QED) is 0.635. The van der Waals surface area contributed by atoms with Crippen LogP contribution in [0, 0.1) is 0 Å². The molecule has 0 unspecified atom stereocenters. The van der Waals surface area contributed by atoms with Gasteiger partial charge in [0.25, 0.3) is 0 Å². The van der Waals surface area contributed by atoms with Crippen molar-refractivity contribution in [3.05, 3.63) is 18.0 Å². The maximum atomic E-state index is 11.1. The number of rotatable bonds is 1. The van der Waals surface area contributed by atoms with Gasteiger partial charge >= 0.3 is 5.97 Å². The third-order valence-corrected chi connectivity index (χ3v) is 1.87. The Bertz CT molecular complexity index is 491. The molecule has 14 heavy (non-hydrogen) atoms. The van der Waals surface area contributed by atoms with Gasteiger partial charge in [0.2, 0.25) is 0 Å². The number of pyridine rings is 1. The Morgan fingerprint density at radius 3 is 3.14 bits per heavy atom. The molecule has 2 aromatic rings. The fraction of sp³-hybridized carbons (Fsp3) is 0.125. The zero-order chi connectivity index (χ0) is 10.1. The number of aromatic amines is 1. The van der Waals surface area contributed by atoms with Gasteiger partial charge in [-0.2, -0.15) is 5.10 Å². The van der Waals surface area contributed by atoms with Gasteiger partial charge in [0, 0.05) is 6.20 Å². The van der Waals surface area contributed by atoms with Crippen molar-refractivity contribution >= 4 is 22.7 Å². The SMILES string of the molecule is COC(=O)c1cc2[nH]nc(N)c2cn1. The van der Waals surface area contributed by atoms with Crippen molar-refractivity contribution in [1.82, 2.24) is 15.2 Å². The molecule has 2 heterocycles. The average Bonchev–Trinajstić information content (AvgIpc) is 2.59. The van der Waals surface area contributed by atoms with Crippen LogP contribution in [-0.2, 0) is 4.74 Å². The highest BCUT2D eigenvalue weighted by Crippen LogP contribution is 2.16. The van der Waals surface area contributed by atoms with Gasteiger partial charge in [-0.15, -0.1) is 0 Å². The summed E-state index contributed by atoms with van der Waals surface area (Å²) < 4.78 is 4.52. The molecule has 0 spiro atoms. The number of nitrogen functional groups attached to an aromatic ring is 1. The first kappa shape index (κ1) is 8.49. The zero-order valence-corrected chi connectivity index (χ0v) is 7.44. The molecular weight excluding hydrogens is 184 g/mol. The molecule has 0 aliphatic heterocycles. The summed E-state index contributed by atoms with van der Waals surface area (Å²) in [6.45, 7) is 0. The lowest BCUT2D eigenvalue weighted by Gasteiger charge is -1.97. The van der Waals surface area contributed by atoms with E-state index in [0.29, 0.717) is 16.7 Å². The number of ether oxygens (including phenoxy) is 1. The largest absolute Gasteiger partial charge is 0.464 e.